The molecule has 3 rings (SSSR count). The fourth-order valence-electron chi connectivity index (χ4n) is 2.90. The van der Waals surface area contributed by atoms with Gasteiger partial charge in [0.05, 0.1) is 5.75 Å². The highest BCUT2D eigenvalue weighted by atomic mass is 32.2. The quantitative estimate of drug-likeness (QED) is 0.653. The SMILES string of the molecule is Cc1ccc2cc(CCNS(=O)(=O)CCc3ccccc3F)c(=O)[nH]c2c1. The molecule has 2 aromatic carbocycles. The normalized spacial score (nSPS) is 11.8. The molecule has 0 saturated heterocycles. The van der Waals surface area contributed by atoms with Crippen LogP contribution < -0.4 is 10.3 Å². The molecule has 0 amide bonds. The maximum Gasteiger partial charge on any atom is 0.251 e. The molecule has 2 N–H and O–H groups in total. The van der Waals surface area contributed by atoms with Gasteiger partial charge < -0.3 is 4.98 Å². The molecule has 0 atom stereocenters. The third kappa shape index (κ3) is 5.02. The predicted molar refractivity (Wildman–Crippen MR) is 105 cm³/mol. The lowest BCUT2D eigenvalue weighted by Gasteiger charge is -2.08. The summed E-state index contributed by atoms with van der Waals surface area (Å²) in [4.78, 5) is 15.0. The zero-order chi connectivity index (χ0) is 19.4. The van der Waals surface area contributed by atoms with E-state index in [0.717, 1.165) is 16.5 Å². The molecular formula is C20H21FN2O3S. The number of pyridine rings is 1. The number of rotatable bonds is 7. The highest BCUT2D eigenvalue weighted by Crippen LogP contribution is 2.13. The van der Waals surface area contributed by atoms with Gasteiger partial charge in [0.1, 0.15) is 5.82 Å². The minimum Gasteiger partial charge on any atom is -0.322 e. The van der Waals surface area contributed by atoms with Crippen molar-refractivity contribution in [2.75, 3.05) is 12.3 Å². The molecule has 0 bridgehead atoms. The summed E-state index contributed by atoms with van der Waals surface area (Å²) in [5.74, 6) is -0.619. The molecule has 0 saturated carbocycles. The van der Waals surface area contributed by atoms with Crippen LogP contribution in [0.4, 0.5) is 4.39 Å². The number of aromatic nitrogens is 1. The zero-order valence-corrected chi connectivity index (χ0v) is 15.8. The van der Waals surface area contributed by atoms with Crippen molar-refractivity contribution in [2.45, 2.75) is 19.8 Å². The molecule has 0 aliphatic rings. The molecule has 7 heteroatoms. The summed E-state index contributed by atoms with van der Waals surface area (Å²) in [6, 6.07) is 13.7. The van der Waals surface area contributed by atoms with Crippen LogP contribution in [0.5, 0.6) is 0 Å². The molecule has 0 fully saturated rings. The number of benzene rings is 2. The first kappa shape index (κ1) is 19.3. The van der Waals surface area contributed by atoms with Crippen LogP contribution in [0.3, 0.4) is 0 Å². The van der Waals surface area contributed by atoms with Gasteiger partial charge in [-0.2, -0.15) is 0 Å². The lowest BCUT2D eigenvalue weighted by Crippen LogP contribution is -2.30. The Morgan fingerprint density at radius 2 is 1.81 bits per heavy atom. The minimum atomic E-state index is -3.56. The van der Waals surface area contributed by atoms with Crippen molar-refractivity contribution >= 4 is 20.9 Å². The first-order valence-electron chi connectivity index (χ1n) is 8.67. The Balaban J connectivity index is 1.61. The predicted octanol–water partition coefficient (Wildman–Crippen LogP) is 2.68. The van der Waals surface area contributed by atoms with E-state index in [-0.39, 0.29) is 30.7 Å². The fraction of sp³-hybridized carbons (Fsp3) is 0.250. The van der Waals surface area contributed by atoms with Crippen LogP contribution in [-0.2, 0) is 22.9 Å². The Labute approximate surface area is 157 Å². The van der Waals surface area contributed by atoms with E-state index in [4.69, 9.17) is 0 Å². The number of halogens is 1. The molecule has 0 aliphatic heterocycles. The first-order chi connectivity index (χ1) is 12.8. The number of aromatic amines is 1. The molecule has 3 aromatic rings. The fourth-order valence-corrected chi connectivity index (χ4v) is 3.95. The summed E-state index contributed by atoms with van der Waals surface area (Å²) < 4.78 is 40.3. The van der Waals surface area contributed by atoms with Gasteiger partial charge in [0.15, 0.2) is 0 Å². The second kappa shape index (κ2) is 8.02. The van der Waals surface area contributed by atoms with E-state index < -0.39 is 15.8 Å². The topological polar surface area (TPSA) is 79.0 Å². The van der Waals surface area contributed by atoms with Gasteiger partial charge >= 0.3 is 0 Å². The van der Waals surface area contributed by atoms with Crippen LogP contribution in [-0.4, -0.2) is 25.7 Å². The van der Waals surface area contributed by atoms with Crippen LogP contribution >= 0.6 is 0 Å². The van der Waals surface area contributed by atoms with Gasteiger partial charge in [-0.3, -0.25) is 4.79 Å². The van der Waals surface area contributed by atoms with Gasteiger partial charge in [-0.25, -0.2) is 17.5 Å². The van der Waals surface area contributed by atoms with Crippen molar-refractivity contribution in [3.63, 3.8) is 0 Å². The summed E-state index contributed by atoms with van der Waals surface area (Å²) in [7, 11) is -3.56. The van der Waals surface area contributed by atoms with Crippen molar-refractivity contribution in [3.05, 3.63) is 81.4 Å². The molecular weight excluding hydrogens is 367 g/mol. The van der Waals surface area contributed by atoms with E-state index >= 15 is 0 Å². The number of H-pyrrole nitrogens is 1. The zero-order valence-electron chi connectivity index (χ0n) is 15.0. The largest absolute Gasteiger partial charge is 0.322 e. The van der Waals surface area contributed by atoms with Gasteiger partial charge in [0, 0.05) is 17.6 Å². The van der Waals surface area contributed by atoms with Gasteiger partial charge in [0.2, 0.25) is 10.0 Å². The summed E-state index contributed by atoms with van der Waals surface area (Å²) in [6.07, 6.45) is 0.371. The molecule has 0 radical (unpaired) electrons. The molecule has 1 aromatic heterocycles. The van der Waals surface area contributed by atoms with Gasteiger partial charge in [0.25, 0.3) is 5.56 Å². The second-order valence-corrected chi connectivity index (χ2v) is 8.45. The molecule has 0 spiro atoms. The highest BCUT2D eigenvalue weighted by Gasteiger charge is 2.12. The number of fused-ring (bicyclic) bond motifs is 1. The van der Waals surface area contributed by atoms with Crippen molar-refractivity contribution in [3.8, 4) is 0 Å². The van der Waals surface area contributed by atoms with Crippen molar-refractivity contribution in [2.24, 2.45) is 0 Å². The lowest BCUT2D eigenvalue weighted by molar-refractivity contribution is 0.578. The van der Waals surface area contributed by atoms with Crippen LogP contribution in [0, 0.1) is 12.7 Å². The van der Waals surface area contributed by atoms with E-state index in [1.807, 2.05) is 25.1 Å². The standard InChI is InChI=1S/C20H21FN2O3S/c1-14-6-7-16-13-17(20(24)23-19(16)12-14)8-10-22-27(25,26)11-9-15-4-2-3-5-18(15)21/h2-7,12-13,22H,8-11H2,1H3,(H,23,24). The van der Waals surface area contributed by atoms with E-state index in [9.17, 15) is 17.6 Å². The van der Waals surface area contributed by atoms with E-state index in [0.29, 0.717) is 11.1 Å². The summed E-state index contributed by atoms with van der Waals surface area (Å²) in [5, 5.41) is 0.901. The van der Waals surface area contributed by atoms with Crippen LogP contribution in [0.25, 0.3) is 10.9 Å². The third-order valence-electron chi connectivity index (χ3n) is 4.39. The second-order valence-electron chi connectivity index (χ2n) is 6.52. The number of sulfonamides is 1. The molecule has 142 valence electrons. The van der Waals surface area contributed by atoms with Crippen LogP contribution in [0.1, 0.15) is 16.7 Å². The Kier molecular flexibility index (Phi) is 5.72. The van der Waals surface area contributed by atoms with Crippen molar-refractivity contribution in [1.82, 2.24) is 9.71 Å². The van der Waals surface area contributed by atoms with E-state index in [1.165, 1.54) is 6.07 Å². The van der Waals surface area contributed by atoms with Gasteiger partial charge in [-0.1, -0.05) is 30.3 Å². The molecule has 27 heavy (non-hydrogen) atoms. The summed E-state index contributed by atoms with van der Waals surface area (Å²) >= 11 is 0. The maximum absolute atomic E-state index is 13.6. The average Bonchev–Trinajstić information content (AvgIpc) is 2.61. The smallest absolute Gasteiger partial charge is 0.251 e. The number of hydrogen-bond acceptors (Lipinski definition) is 3. The van der Waals surface area contributed by atoms with Crippen molar-refractivity contribution < 1.29 is 12.8 Å². The lowest BCUT2D eigenvalue weighted by atomic mass is 10.1. The molecule has 0 aliphatic carbocycles. The van der Waals surface area contributed by atoms with Crippen molar-refractivity contribution in [1.29, 1.82) is 0 Å². The Bertz CT molecular complexity index is 1120. The maximum atomic E-state index is 13.6. The molecule has 1 heterocycles. The Morgan fingerprint density at radius 3 is 2.59 bits per heavy atom. The van der Waals surface area contributed by atoms with Crippen LogP contribution in [0.2, 0.25) is 0 Å². The summed E-state index contributed by atoms with van der Waals surface area (Å²) in [6.45, 7) is 2.06. The number of nitrogens with one attached hydrogen (secondary N) is 2. The first-order valence-corrected chi connectivity index (χ1v) is 10.3. The Morgan fingerprint density at radius 1 is 1.04 bits per heavy atom. The third-order valence-corrected chi connectivity index (χ3v) is 5.78. The number of aryl methyl sites for hydroxylation is 2. The average molecular weight is 388 g/mol. The van der Waals surface area contributed by atoms with Gasteiger partial charge in [-0.05, 0) is 54.5 Å². The highest BCUT2D eigenvalue weighted by molar-refractivity contribution is 7.89. The van der Waals surface area contributed by atoms with E-state index in [1.54, 1.807) is 24.3 Å². The molecule has 5 nitrogen and oxygen atoms in total. The number of hydrogen-bond donors (Lipinski definition) is 2. The molecule has 0 unspecified atom stereocenters. The van der Waals surface area contributed by atoms with Gasteiger partial charge in [-0.15, -0.1) is 0 Å². The summed E-state index contributed by atoms with van der Waals surface area (Å²) in [5.41, 5.74) is 2.47. The monoisotopic (exact) mass is 388 g/mol. The minimum absolute atomic E-state index is 0.0952. The van der Waals surface area contributed by atoms with E-state index in [2.05, 4.69) is 9.71 Å². The van der Waals surface area contributed by atoms with Crippen LogP contribution in [0.15, 0.2) is 53.3 Å². The Hall–Kier alpha value is -2.51.